The number of hydrogen-bond acceptors (Lipinski definition) is 3. The first-order valence-corrected chi connectivity index (χ1v) is 10.6. The van der Waals surface area contributed by atoms with Gasteiger partial charge in [-0.25, -0.2) is 0 Å². The number of fused-ring (bicyclic) bond motifs is 2. The Morgan fingerprint density at radius 2 is 1.65 bits per heavy atom. The van der Waals surface area contributed by atoms with Crippen LogP contribution in [0.1, 0.15) is 33.3 Å². The van der Waals surface area contributed by atoms with E-state index < -0.39 is 6.04 Å². The van der Waals surface area contributed by atoms with Crippen molar-refractivity contribution in [1.82, 2.24) is 4.90 Å². The van der Waals surface area contributed by atoms with Gasteiger partial charge in [-0.2, -0.15) is 0 Å². The lowest BCUT2D eigenvalue weighted by molar-refractivity contribution is 0.0730. The smallest absolute Gasteiger partial charge is 0.290 e. The SMILES string of the molecule is O=C1c2oc3ccc(Cl)cc3c(=O)c2[C@H](c2cccc(Cl)c2)N1CCc1ccccc1. The van der Waals surface area contributed by atoms with Gasteiger partial charge < -0.3 is 9.32 Å². The Labute approximate surface area is 188 Å². The average Bonchev–Trinajstić information content (AvgIpc) is 3.05. The van der Waals surface area contributed by atoms with Gasteiger partial charge in [0.25, 0.3) is 5.91 Å². The third-order valence-corrected chi connectivity index (χ3v) is 6.05. The molecule has 2 heterocycles. The Morgan fingerprint density at radius 1 is 0.871 bits per heavy atom. The molecule has 31 heavy (non-hydrogen) atoms. The maximum atomic E-state index is 13.5. The zero-order valence-electron chi connectivity index (χ0n) is 16.3. The van der Waals surface area contributed by atoms with Gasteiger partial charge in [-0.3, -0.25) is 9.59 Å². The molecule has 1 atom stereocenters. The first-order valence-electron chi connectivity index (χ1n) is 9.89. The van der Waals surface area contributed by atoms with E-state index in [1.54, 1.807) is 35.2 Å². The predicted molar refractivity (Wildman–Crippen MR) is 122 cm³/mol. The molecule has 1 aliphatic heterocycles. The molecule has 0 N–H and O–H groups in total. The second-order valence-electron chi connectivity index (χ2n) is 7.51. The van der Waals surface area contributed by atoms with Gasteiger partial charge in [-0.05, 0) is 47.9 Å². The molecule has 6 heteroatoms. The van der Waals surface area contributed by atoms with Gasteiger partial charge >= 0.3 is 0 Å². The molecule has 0 spiro atoms. The largest absolute Gasteiger partial charge is 0.450 e. The molecule has 5 rings (SSSR count). The number of nitrogens with zero attached hydrogens (tertiary/aromatic N) is 1. The van der Waals surface area contributed by atoms with Crippen LogP contribution in [0.3, 0.4) is 0 Å². The van der Waals surface area contributed by atoms with E-state index in [9.17, 15) is 9.59 Å². The Hall–Kier alpha value is -3.08. The highest BCUT2D eigenvalue weighted by molar-refractivity contribution is 6.31. The molecule has 1 aromatic heterocycles. The molecule has 0 unspecified atom stereocenters. The van der Waals surface area contributed by atoms with Gasteiger partial charge in [-0.15, -0.1) is 0 Å². The molecule has 0 saturated heterocycles. The van der Waals surface area contributed by atoms with Gasteiger partial charge in [0, 0.05) is 16.6 Å². The number of hydrogen-bond donors (Lipinski definition) is 0. The summed E-state index contributed by atoms with van der Waals surface area (Å²) in [5, 5.41) is 1.33. The van der Waals surface area contributed by atoms with Gasteiger partial charge in [0.2, 0.25) is 5.76 Å². The lowest BCUT2D eigenvalue weighted by Gasteiger charge is -2.25. The molecule has 0 radical (unpaired) electrons. The highest BCUT2D eigenvalue weighted by atomic mass is 35.5. The zero-order valence-corrected chi connectivity index (χ0v) is 17.9. The molecule has 154 valence electrons. The topological polar surface area (TPSA) is 50.5 Å². The van der Waals surface area contributed by atoms with Gasteiger partial charge in [-0.1, -0.05) is 65.7 Å². The summed E-state index contributed by atoms with van der Waals surface area (Å²) in [7, 11) is 0. The van der Waals surface area contributed by atoms with Crippen molar-refractivity contribution in [3.8, 4) is 0 Å². The van der Waals surface area contributed by atoms with Crippen LogP contribution >= 0.6 is 23.2 Å². The molecule has 0 aliphatic carbocycles. The average molecular weight is 450 g/mol. The van der Waals surface area contributed by atoms with E-state index in [-0.39, 0.29) is 17.1 Å². The second-order valence-corrected chi connectivity index (χ2v) is 8.38. The van der Waals surface area contributed by atoms with Crippen LogP contribution in [-0.4, -0.2) is 17.4 Å². The van der Waals surface area contributed by atoms with Crippen molar-refractivity contribution in [1.29, 1.82) is 0 Å². The van der Waals surface area contributed by atoms with Crippen molar-refractivity contribution >= 4 is 40.1 Å². The fraction of sp³-hybridized carbons (Fsp3) is 0.120. The predicted octanol–water partition coefficient (Wildman–Crippen LogP) is 5.89. The Bertz CT molecular complexity index is 1360. The van der Waals surface area contributed by atoms with Crippen molar-refractivity contribution in [3.05, 3.63) is 116 Å². The third-order valence-electron chi connectivity index (χ3n) is 5.58. The van der Waals surface area contributed by atoms with E-state index in [1.807, 2.05) is 42.5 Å². The summed E-state index contributed by atoms with van der Waals surface area (Å²) in [6.45, 7) is 0.431. The highest BCUT2D eigenvalue weighted by Crippen LogP contribution is 2.39. The minimum atomic E-state index is -0.579. The van der Waals surface area contributed by atoms with E-state index in [4.69, 9.17) is 27.6 Å². The van der Waals surface area contributed by atoms with Crippen LogP contribution in [-0.2, 0) is 6.42 Å². The van der Waals surface area contributed by atoms with E-state index in [0.29, 0.717) is 39.5 Å². The normalized spacial score (nSPS) is 15.5. The first kappa shape index (κ1) is 19.9. The first-order chi connectivity index (χ1) is 15.0. The van der Waals surface area contributed by atoms with E-state index >= 15 is 0 Å². The van der Waals surface area contributed by atoms with Crippen LogP contribution in [0.15, 0.2) is 82.0 Å². The van der Waals surface area contributed by atoms with Crippen molar-refractivity contribution in [2.75, 3.05) is 6.54 Å². The molecular formula is C25H17Cl2NO3. The molecule has 0 fully saturated rings. The summed E-state index contributed by atoms with van der Waals surface area (Å²) in [5.74, 6) is -0.220. The van der Waals surface area contributed by atoms with Crippen LogP contribution in [0.2, 0.25) is 10.0 Å². The summed E-state index contributed by atoms with van der Waals surface area (Å²) < 4.78 is 5.93. The molecule has 1 amide bonds. The Balaban J connectivity index is 1.67. The summed E-state index contributed by atoms with van der Waals surface area (Å²) in [6.07, 6.45) is 0.650. The number of amides is 1. The zero-order chi connectivity index (χ0) is 21.5. The molecule has 0 bridgehead atoms. The minimum Gasteiger partial charge on any atom is -0.450 e. The number of halogens is 2. The lowest BCUT2D eigenvalue weighted by atomic mass is 9.98. The van der Waals surface area contributed by atoms with Crippen LogP contribution < -0.4 is 5.43 Å². The number of rotatable bonds is 4. The number of carbonyl (C=O) groups excluding carboxylic acids is 1. The number of benzene rings is 3. The quantitative estimate of drug-likeness (QED) is 0.390. The molecular weight excluding hydrogens is 433 g/mol. The van der Waals surface area contributed by atoms with Gasteiger partial charge in [0.1, 0.15) is 5.58 Å². The van der Waals surface area contributed by atoms with Crippen molar-refractivity contribution in [2.24, 2.45) is 0 Å². The van der Waals surface area contributed by atoms with Crippen molar-refractivity contribution < 1.29 is 9.21 Å². The maximum Gasteiger partial charge on any atom is 0.290 e. The van der Waals surface area contributed by atoms with Crippen LogP contribution in [0, 0.1) is 0 Å². The lowest BCUT2D eigenvalue weighted by Crippen LogP contribution is -2.31. The Kier molecular flexibility index (Phi) is 5.05. The fourth-order valence-corrected chi connectivity index (χ4v) is 4.51. The summed E-state index contributed by atoms with van der Waals surface area (Å²) in [6, 6.07) is 21.4. The molecule has 3 aromatic carbocycles. The summed E-state index contributed by atoms with van der Waals surface area (Å²) >= 11 is 12.4. The monoisotopic (exact) mass is 449 g/mol. The minimum absolute atomic E-state index is 0.0814. The summed E-state index contributed by atoms with van der Waals surface area (Å²) in [4.78, 5) is 28.5. The molecule has 4 aromatic rings. The van der Waals surface area contributed by atoms with Crippen molar-refractivity contribution in [2.45, 2.75) is 12.5 Å². The third kappa shape index (κ3) is 3.52. The highest BCUT2D eigenvalue weighted by Gasteiger charge is 2.42. The van der Waals surface area contributed by atoms with E-state index in [0.717, 1.165) is 11.1 Å². The Morgan fingerprint density at radius 3 is 2.42 bits per heavy atom. The maximum absolute atomic E-state index is 13.5. The second kappa shape index (κ2) is 7.88. The van der Waals surface area contributed by atoms with E-state index in [1.165, 1.54) is 0 Å². The molecule has 4 nitrogen and oxygen atoms in total. The standard InChI is InChI=1S/C25H17Cl2NO3/c26-17-8-4-7-16(13-17)22-21-23(29)19-14-18(27)9-10-20(19)31-24(21)25(30)28(22)12-11-15-5-2-1-3-6-15/h1-10,13-14,22H,11-12H2/t22-/m0/s1. The molecule has 1 aliphatic rings. The molecule has 0 saturated carbocycles. The van der Waals surface area contributed by atoms with E-state index in [2.05, 4.69) is 0 Å². The van der Waals surface area contributed by atoms with Gasteiger partial charge in [0.15, 0.2) is 5.43 Å². The van der Waals surface area contributed by atoms with Crippen LogP contribution in [0.4, 0.5) is 0 Å². The van der Waals surface area contributed by atoms with Crippen LogP contribution in [0.5, 0.6) is 0 Å². The number of carbonyl (C=O) groups is 1. The van der Waals surface area contributed by atoms with Crippen molar-refractivity contribution in [3.63, 3.8) is 0 Å². The van der Waals surface area contributed by atoms with Gasteiger partial charge in [0.05, 0.1) is 17.0 Å². The van der Waals surface area contributed by atoms with Crippen LogP contribution in [0.25, 0.3) is 11.0 Å². The fourth-order valence-electron chi connectivity index (χ4n) is 4.14. The summed E-state index contributed by atoms with van der Waals surface area (Å²) in [5.41, 5.74) is 2.29.